The average Bonchev–Trinajstić information content (AvgIpc) is 2.22. The highest BCUT2D eigenvalue weighted by atomic mass is 16.3. The molecule has 92 valence electrons. The van der Waals surface area contributed by atoms with Crippen LogP contribution in [-0.4, -0.2) is 43.5 Å². The number of likely N-dealkylation sites (tertiary alicyclic amines) is 1. The number of hydrogen-bond donors (Lipinski definition) is 1. The summed E-state index contributed by atoms with van der Waals surface area (Å²) < 4.78 is 0. The van der Waals surface area contributed by atoms with Crippen LogP contribution in [0, 0.1) is 10.8 Å². The molecule has 0 aromatic carbocycles. The van der Waals surface area contributed by atoms with Crippen LogP contribution in [-0.2, 0) is 4.79 Å². The van der Waals surface area contributed by atoms with Crippen LogP contribution >= 0.6 is 0 Å². The van der Waals surface area contributed by atoms with Gasteiger partial charge in [0, 0.05) is 19.0 Å². The predicted octanol–water partition coefficient (Wildman–Crippen LogP) is 0.989. The topological polar surface area (TPSA) is 61.8 Å². The van der Waals surface area contributed by atoms with E-state index in [0.29, 0.717) is 13.1 Å². The van der Waals surface area contributed by atoms with E-state index in [1.165, 1.54) is 0 Å². The van der Waals surface area contributed by atoms with E-state index < -0.39 is 0 Å². The van der Waals surface area contributed by atoms with E-state index in [1.54, 1.807) is 4.90 Å². The average molecular weight is 227 g/mol. The Labute approximate surface area is 96.5 Å². The molecule has 1 fully saturated rings. The van der Waals surface area contributed by atoms with Crippen molar-refractivity contribution in [2.24, 2.45) is 11.1 Å². The lowest BCUT2D eigenvalue weighted by atomic mass is 9.99. The molecule has 1 N–H and O–H groups in total. The molecule has 0 radical (unpaired) electrons. The number of nitroso groups, excluding NO2 is 1. The maximum atomic E-state index is 11.8. The molecule has 0 saturated carbocycles. The van der Waals surface area contributed by atoms with Gasteiger partial charge in [0.1, 0.15) is 6.04 Å². The number of carbonyl (C=O) groups excluding carboxylic acids is 1. The summed E-state index contributed by atoms with van der Waals surface area (Å²) in [6.07, 6.45) is 3.10. The number of nitrogens with zero attached hydrogens (tertiary/aromatic N) is 2. The van der Waals surface area contributed by atoms with Gasteiger partial charge in [-0.1, -0.05) is 18.5 Å². The van der Waals surface area contributed by atoms with E-state index in [-0.39, 0.29) is 17.9 Å². The standard InChI is InChI=1S/C11H21N3O2/c1-9(5-3-4-6-12-2)11(15)14-7-10(8-14)13-16/h9-10,12H,3-8H2,1-2H3. The van der Waals surface area contributed by atoms with Gasteiger partial charge in [-0.25, -0.2) is 0 Å². The monoisotopic (exact) mass is 227 g/mol. The third-order valence-electron chi connectivity index (χ3n) is 3.06. The van der Waals surface area contributed by atoms with Crippen LogP contribution in [0.15, 0.2) is 5.18 Å². The third kappa shape index (κ3) is 3.56. The van der Waals surface area contributed by atoms with Gasteiger partial charge >= 0.3 is 0 Å². The van der Waals surface area contributed by atoms with Crippen LogP contribution in [0.25, 0.3) is 0 Å². The minimum absolute atomic E-state index is 0.0736. The number of rotatable bonds is 7. The van der Waals surface area contributed by atoms with Gasteiger partial charge in [-0.2, -0.15) is 4.91 Å². The summed E-state index contributed by atoms with van der Waals surface area (Å²) >= 11 is 0. The SMILES string of the molecule is CNCCCCC(C)C(=O)N1CC(N=O)C1. The number of carbonyl (C=O) groups is 1. The molecular weight excluding hydrogens is 206 g/mol. The van der Waals surface area contributed by atoms with Crippen LogP contribution in [0.1, 0.15) is 26.2 Å². The molecule has 0 bridgehead atoms. The van der Waals surface area contributed by atoms with Gasteiger partial charge in [0.05, 0.1) is 0 Å². The van der Waals surface area contributed by atoms with Crippen molar-refractivity contribution in [2.45, 2.75) is 32.2 Å². The first-order valence-corrected chi connectivity index (χ1v) is 5.95. The van der Waals surface area contributed by atoms with Crippen molar-refractivity contribution in [3.05, 3.63) is 4.91 Å². The van der Waals surface area contributed by atoms with E-state index in [9.17, 15) is 9.70 Å². The zero-order chi connectivity index (χ0) is 12.0. The summed E-state index contributed by atoms with van der Waals surface area (Å²) in [5.41, 5.74) is 0. The van der Waals surface area contributed by atoms with Crippen molar-refractivity contribution in [1.29, 1.82) is 0 Å². The highest BCUT2D eigenvalue weighted by Gasteiger charge is 2.33. The van der Waals surface area contributed by atoms with Crippen LogP contribution in [0.3, 0.4) is 0 Å². The molecular formula is C11H21N3O2. The van der Waals surface area contributed by atoms with Gasteiger partial charge in [-0.15, -0.1) is 0 Å². The van der Waals surface area contributed by atoms with Crippen molar-refractivity contribution in [3.63, 3.8) is 0 Å². The molecule has 1 heterocycles. The van der Waals surface area contributed by atoms with Gasteiger partial charge in [0.2, 0.25) is 5.91 Å². The summed E-state index contributed by atoms with van der Waals surface area (Å²) in [6, 6.07) is -0.166. The van der Waals surface area contributed by atoms with Crippen molar-refractivity contribution < 1.29 is 4.79 Å². The molecule has 1 amide bonds. The zero-order valence-electron chi connectivity index (χ0n) is 10.1. The maximum absolute atomic E-state index is 11.8. The molecule has 16 heavy (non-hydrogen) atoms. The highest BCUT2D eigenvalue weighted by Crippen LogP contribution is 2.18. The van der Waals surface area contributed by atoms with Gasteiger partial charge in [-0.3, -0.25) is 4.79 Å². The number of amides is 1. The fraction of sp³-hybridized carbons (Fsp3) is 0.909. The first-order chi connectivity index (χ1) is 7.69. The number of hydrogen-bond acceptors (Lipinski definition) is 4. The van der Waals surface area contributed by atoms with Gasteiger partial charge < -0.3 is 10.2 Å². The molecule has 1 saturated heterocycles. The van der Waals surface area contributed by atoms with Gasteiger partial charge in [0.15, 0.2) is 0 Å². The molecule has 1 rings (SSSR count). The van der Waals surface area contributed by atoms with Gasteiger partial charge in [0.25, 0.3) is 0 Å². The molecule has 0 aromatic heterocycles. The molecule has 1 unspecified atom stereocenters. The Balaban J connectivity index is 2.14. The van der Waals surface area contributed by atoms with E-state index in [1.807, 2.05) is 14.0 Å². The minimum Gasteiger partial charge on any atom is -0.338 e. The molecule has 1 aliphatic rings. The van der Waals surface area contributed by atoms with Crippen molar-refractivity contribution >= 4 is 5.91 Å². The van der Waals surface area contributed by atoms with Crippen molar-refractivity contribution in [3.8, 4) is 0 Å². The summed E-state index contributed by atoms with van der Waals surface area (Å²) in [6.45, 7) is 4.00. The minimum atomic E-state index is -0.166. The predicted molar refractivity (Wildman–Crippen MR) is 63.1 cm³/mol. The van der Waals surface area contributed by atoms with Crippen molar-refractivity contribution in [1.82, 2.24) is 10.2 Å². The molecule has 1 atom stereocenters. The third-order valence-corrected chi connectivity index (χ3v) is 3.06. The lowest BCUT2D eigenvalue weighted by Crippen LogP contribution is -2.54. The summed E-state index contributed by atoms with van der Waals surface area (Å²) in [4.78, 5) is 23.7. The molecule has 0 spiro atoms. The van der Waals surface area contributed by atoms with Crippen LogP contribution < -0.4 is 5.32 Å². The Morgan fingerprint density at radius 1 is 1.50 bits per heavy atom. The second-order valence-electron chi connectivity index (χ2n) is 4.50. The van der Waals surface area contributed by atoms with Gasteiger partial charge in [-0.05, 0) is 26.4 Å². The first-order valence-electron chi connectivity index (χ1n) is 5.95. The Bertz CT molecular complexity index is 239. The summed E-state index contributed by atoms with van der Waals surface area (Å²) in [5.74, 6) is 0.244. The largest absolute Gasteiger partial charge is 0.338 e. The van der Waals surface area contributed by atoms with E-state index in [4.69, 9.17) is 0 Å². The fourth-order valence-electron chi connectivity index (χ4n) is 1.89. The van der Waals surface area contributed by atoms with E-state index in [0.717, 1.165) is 25.8 Å². The number of unbranched alkanes of at least 4 members (excludes halogenated alkanes) is 1. The molecule has 5 nitrogen and oxygen atoms in total. The fourth-order valence-corrected chi connectivity index (χ4v) is 1.89. The Morgan fingerprint density at radius 3 is 2.75 bits per heavy atom. The zero-order valence-corrected chi connectivity index (χ0v) is 10.1. The highest BCUT2D eigenvalue weighted by molar-refractivity contribution is 5.79. The molecule has 0 aliphatic carbocycles. The van der Waals surface area contributed by atoms with E-state index >= 15 is 0 Å². The Morgan fingerprint density at radius 2 is 2.19 bits per heavy atom. The van der Waals surface area contributed by atoms with Crippen molar-refractivity contribution in [2.75, 3.05) is 26.7 Å². The maximum Gasteiger partial charge on any atom is 0.225 e. The lowest BCUT2D eigenvalue weighted by Gasteiger charge is -2.36. The van der Waals surface area contributed by atoms with Crippen LogP contribution in [0.5, 0.6) is 0 Å². The Kier molecular flexibility index (Phi) is 5.38. The van der Waals surface area contributed by atoms with E-state index in [2.05, 4.69) is 10.5 Å². The smallest absolute Gasteiger partial charge is 0.225 e. The summed E-state index contributed by atoms with van der Waals surface area (Å²) in [7, 11) is 1.93. The molecule has 5 heteroatoms. The summed E-state index contributed by atoms with van der Waals surface area (Å²) in [5, 5.41) is 6.01. The molecule has 0 aromatic rings. The van der Waals surface area contributed by atoms with Crippen LogP contribution in [0.2, 0.25) is 0 Å². The second kappa shape index (κ2) is 6.58. The van der Waals surface area contributed by atoms with Crippen LogP contribution in [0.4, 0.5) is 0 Å². The quantitative estimate of drug-likeness (QED) is 0.521. The second-order valence-corrected chi connectivity index (χ2v) is 4.50. The Hall–Kier alpha value is -0.970. The molecule has 1 aliphatic heterocycles. The lowest BCUT2D eigenvalue weighted by molar-refractivity contribution is -0.139. The first kappa shape index (κ1) is 13.1. The number of nitrogens with one attached hydrogen (secondary N) is 1. The normalized spacial score (nSPS) is 18.0.